The van der Waals surface area contributed by atoms with Crippen LogP contribution < -0.4 is 4.74 Å². The normalized spacial score (nSPS) is 14.4. The van der Waals surface area contributed by atoms with E-state index in [9.17, 15) is 4.79 Å². The largest absolute Gasteiger partial charge is 0.493 e. The number of nitrogens with zero attached hydrogens (tertiary/aromatic N) is 6. The first-order chi connectivity index (χ1) is 25.2. The number of hydrogen-bond donors (Lipinski definition) is 0. The van der Waals surface area contributed by atoms with E-state index >= 15 is 0 Å². The third-order valence-electron chi connectivity index (χ3n) is 9.95. The van der Waals surface area contributed by atoms with E-state index < -0.39 is 0 Å². The summed E-state index contributed by atoms with van der Waals surface area (Å²) in [5, 5.41) is 13.3. The van der Waals surface area contributed by atoms with E-state index in [4.69, 9.17) is 24.4 Å². The number of esters is 1. The van der Waals surface area contributed by atoms with Gasteiger partial charge in [-0.15, -0.1) is 11.8 Å². The van der Waals surface area contributed by atoms with E-state index in [1.165, 1.54) is 12.7 Å². The van der Waals surface area contributed by atoms with Gasteiger partial charge in [-0.1, -0.05) is 59.0 Å². The third kappa shape index (κ3) is 6.97. The van der Waals surface area contributed by atoms with Gasteiger partial charge in [0.25, 0.3) is 0 Å². The van der Waals surface area contributed by atoms with Crippen LogP contribution in [0.2, 0.25) is 0 Å². The van der Waals surface area contributed by atoms with Gasteiger partial charge in [-0.25, -0.2) is 4.79 Å². The van der Waals surface area contributed by atoms with Crippen LogP contribution in [0.1, 0.15) is 50.8 Å². The quantitative estimate of drug-likeness (QED) is 0.0987. The van der Waals surface area contributed by atoms with Gasteiger partial charge in [-0.3, -0.25) is 14.3 Å². The summed E-state index contributed by atoms with van der Waals surface area (Å²) in [7, 11) is 9.32. The van der Waals surface area contributed by atoms with Crippen LogP contribution >= 0.6 is 34.4 Å². The number of alkyl halides is 1. The van der Waals surface area contributed by atoms with Crippen molar-refractivity contribution in [2.75, 3.05) is 34.5 Å². The maximum absolute atomic E-state index is 13.6. The van der Waals surface area contributed by atoms with Crippen molar-refractivity contribution in [2.24, 2.45) is 14.1 Å². The van der Waals surface area contributed by atoms with Crippen LogP contribution in [-0.2, 0) is 59.8 Å². The highest BCUT2D eigenvalue weighted by Gasteiger charge is 2.29. The second-order valence-electron chi connectivity index (χ2n) is 13.4. The number of fused-ring (bicyclic) bond motifs is 8. The van der Waals surface area contributed by atoms with Gasteiger partial charge >= 0.3 is 5.97 Å². The molecule has 4 heterocycles. The van der Waals surface area contributed by atoms with Crippen molar-refractivity contribution in [3.05, 3.63) is 94.2 Å². The van der Waals surface area contributed by atoms with Crippen LogP contribution in [0.4, 0.5) is 0 Å². The van der Waals surface area contributed by atoms with Crippen molar-refractivity contribution in [1.29, 1.82) is 0 Å². The molecule has 1 aliphatic heterocycles. The first kappa shape index (κ1) is 36.5. The number of carbonyl (C=O) groups is 1. The van der Waals surface area contributed by atoms with Crippen LogP contribution in [0.25, 0.3) is 32.8 Å². The predicted molar refractivity (Wildman–Crippen MR) is 216 cm³/mol. The summed E-state index contributed by atoms with van der Waals surface area (Å²) in [5.74, 6) is 1.31. The molecule has 0 amide bonds. The maximum Gasteiger partial charge on any atom is 0.354 e. The Bertz CT molecular complexity index is 2270. The first-order valence-corrected chi connectivity index (χ1v) is 20.0. The van der Waals surface area contributed by atoms with Gasteiger partial charge in [0.05, 0.1) is 49.5 Å². The number of methoxy groups -OCH3 is 2. The number of aromatic nitrogens is 5. The molecule has 0 atom stereocenters. The average Bonchev–Trinajstić information content (AvgIpc) is 3.75. The van der Waals surface area contributed by atoms with Crippen molar-refractivity contribution in [3.8, 4) is 16.9 Å². The number of halogens is 1. The smallest absolute Gasteiger partial charge is 0.354 e. The minimum absolute atomic E-state index is 0.344. The van der Waals surface area contributed by atoms with Gasteiger partial charge in [0, 0.05) is 77.0 Å². The van der Waals surface area contributed by atoms with E-state index in [-0.39, 0.29) is 5.97 Å². The first-order valence-electron chi connectivity index (χ1n) is 17.5. The fraction of sp³-hybridized carbons (Fsp3) is 0.375. The van der Waals surface area contributed by atoms with Crippen LogP contribution in [0.5, 0.6) is 5.75 Å². The van der Waals surface area contributed by atoms with Gasteiger partial charge in [0.15, 0.2) is 0 Å². The Morgan fingerprint density at radius 2 is 1.83 bits per heavy atom. The van der Waals surface area contributed by atoms with Crippen molar-refractivity contribution in [3.63, 3.8) is 0 Å². The molecule has 0 radical (unpaired) electrons. The summed E-state index contributed by atoms with van der Waals surface area (Å²) in [4.78, 5) is 17.0. The highest BCUT2D eigenvalue weighted by molar-refractivity contribution is 14.1. The SMILES string of the molecule is COCCn1nc(C)c2c1CN(C)Cc1cc(n(C)n1)CSc1cc(c3ccccc3c1)OCCCc1c(C(=O)OC)n(C)c3c-2c(CI)ccc13. The zero-order chi connectivity index (χ0) is 36.5. The molecule has 0 spiro atoms. The van der Waals surface area contributed by atoms with E-state index in [1.807, 2.05) is 23.3 Å². The zero-order valence-electron chi connectivity index (χ0n) is 30.7. The molecule has 0 aliphatic carbocycles. The van der Waals surface area contributed by atoms with Gasteiger partial charge < -0.3 is 18.8 Å². The minimum Gasteiger partial charge on any atom is -0.493 e. The van der Waals surface area contributed by atoms with Gasteiger partial charge in [0.1, 0.15) is 11.4 Å². The Labute approximate surface area is 322 Å². The fourth-order valence-corrected chi connectivity index (χ4v) is 9.18. The summed E-state index contributed by atoms with van der Waals surface area (Å²) < 4.78 is 24.4. The molecule has 8 bridgehead atoms. The Kier molecular flexibility index (Phi) is 11.0. The Hall–Kier alpha value is -3.85. The molecule has 272 valence electrons. The Balaban J connectivity index is 1.41. The molecule has 0 saturated heterocycles. The van der Waals surface area contributed by atoms with E-state index in [2.05, 4.69) is 101 Å². The van der Waals surface area contributed by atoms with E-state index in [1.54, 1.807) is 18.9 Å². The molecule has 3 aromatic heterocycles. The van der Waals surface area contributed by atoms with Gasteiger partial charge in [0.2, 0.25) is 0 Å². The Morgan fingerprint density at radius 1 is 1.00 bits per heavy atom. The van der Waals surface area contributed by atoms with Crippen molar-refractivity contribution >= 4 is 62.0 Å². The second kappa shape index (κ2) is 15.6. The lowest BCUT2D eigenvalue weighted by Crippen LogP contribution is -2.21. The van der Waals surface area contributed by atoms with E-state index in [0.717, 1.165) is 88.4 Å². The van der Waals surface area contributed by atoms with E-state index in [0.29, 0.717) is 45.0 Å². The zero-order valence-corrected chi connectivity index (χ0v) is 33.6. The lowest BCUT2D eigenvalue weighted by Gasteiger charge is -2.20. The van der Waals surface area contributed by atoms with Gasteiger partial charge in [-0.2, -0.15) is 10.2 Å². The molecule has 0 unspecified atom stereocenters. The Morgan fingerprint density at radius 3 is 2.62 bits per heavy atom. The predicted octanol–water partition coefficient (Wildman–Crippen LogP) is 7.85. The number of aryl methyl sites for hydroxylation is 4. The molecule has 1 aliphatic rings. The minimum atomic E-state index is -0.344. The van der Waals surface area contributed by atoms with Crippen molar-refractivity contribution in [2.45, 2.75) is 54.5 Å². The van der Waals surface area contributed by atoms with Crippen molar-refractivity contribution < 1.29 is 19.0 Å². The number of rotatable bonds is 5. The molecule has 12 heteroatoms. The third-order valence-corrected chi connectivity index (χ3v) is 11.8. The molecule has 6 aromatic rings. The summed E-state index contributed by atoms with van der Waals surface area (Å²) in [5.41, 5.74) is 10.2. The molecule has 3 aromatic carbocycles. The molecule has 7 rings (SSSR count). The molecule has 10 nitrogen and oxygen atoms in total. The number of thioether (sulfide) groups is 1. The summed E-state index contributed by atoms with van der Waals surface area (Å²) in [6.07, 6.45) is 1.38. The molecular weight excluding hydrogens is 787 g/mol. The highest BCUT2D eigenvalue weighted by atomic mass is 127. The van der Waals surface area contributed by atoms with Crippen molar-refractivity contribution in [1.82, 2.24) is 29.0 Å². The second-order valence-corrected chi connectivity index (χ2v) is 15.2. The average molecular weight is 833 g/mol. The lowest BCUT2D eigenvalue weighted by molar-refractivity contribution is 0.0589. The molecule has 0 N–H and O–H groups in total. The van der Waals surface area contributed by atoms with Gasteiger partial charge in [-0.05, 0) is 61.5 Å². The fourth-order valence-electron chi connectivity index (χ4n) is 7.56. The van der Waals surface area contributed by atoms with Crippen LogP contribution in [0, 0.1) is 6.92 Å². The standard InChI is InChI=1S/C40H45IN6O4S/c1-25-36-34(47(42-25)15-17-49-5)23-44(2)22-28-19-29(46(4)43-28)24-52-30-18-26-10-7-8-11-31(26)35(20-30)51-16-9-12-32-33-14-13-27(21-41)37(36)38(33)45(3)39(32)40(48)50-6/h7-8,10-11,13-14,18-20H,9,12,15-17,21-24H2,1-6H3. The number of ether oxygens (including phenoxy) is 3. The monoisotopic (exact) mass is 832 g/mol. The molecule has 0 fully saturated rings. The highest BCUT2D eigenvalue weighted by Crippen LogP contribution is 2.42. The topological polar surface area (TPSA) is 88.6 Å². The molecule has 52 heavy (non-hydrogen) atoms. The number of hydrogen-bond acceptors (Lipinski definition) is 8. The van der Waals surface area contributed by atoms with Crippen LogP contribution in [0.15, 0.2) is 59.5 Å². The molecule has 0 saturated carbocycles. The van der Waals surface area contributed by atoms with Crippen LogP contribution in [-0.4, -0.2) is 69.5 Å². The number of benzene rings is 3. The summed E-state index contributed by atoms with van der Waals surface area (Å²) >= 11 is 4.23. The molecular formula is C40H45IN6O4S. The summed E-state index contributed by atoms with van der Waals surface area (Å²) in [6, 6.07) is 19.4. The number of carbonyl (C=O) groups excluding carboxylic acids is 1. The van der Waals surface area contributed by atoms with Crippen LogP contribution in [0.3, 0.4) is 0 Å². The lowest BCUT2D eigenvalue weighted by atomic mass is 9.94. The maximum atomic E-state index is 13.6. The summed E-state index contributed by atoms with van der Waals surface area (Å²) in [6.45, 7) is 5.08.